The van der Waals surface area contributed by atoms with Crippen molar-refractivity contribution in [3.05, 3.63) is 11.9 Å². The van der Waals surface area contributed by atoms with Crippen molar-refractivity contribution in [1.82, 2.24) is 0 Å². The molecule has 0 aliphatic carbocycles. The second-order valence-electron chi connectivity index (χ2n) is 2.71. The van der Waals surface area contributed by atoms with Crippen molar-refractivity contribution in [2.24, 2.45) is 0 Å². The minimum atomic E-state index is -3.17. The fraction of sp³-hybridized carbons (Fsp3) is 0.625. The van der Waals surface area contributed by atoms with Crippen molar-refractivity contribution in [3.63, 3.8) is 0 Å². The smallest absolute Gasteiger partial charge is 0.303 e. The molecule has 0 amide bonds. The number of hydrogen-bond donors (Lipinski definition) is 0. The van der Waals surface area contributed by atoms with Crippen molar-refractivity contribution < 1.29 is 18.4 Å². The predicted molar refractivity (Wildman–Crippen MR) is 56.4 cm³/mol. The molecule has 1 rings (SSSR count). The molecule has 0 radical (unpaired) electrons. The molecule has 0 unspecified atom stereocenters. The van der Waals surface area contributed by atoms with Gasteiger partial charge in [0.2, 0.25) is 0 Å². The van der Waals surface area contributed by atoms with Crippen LogP contribution in [0.5, 0.6) is 0 Å². The summed E-state index contributed by atoms with van der Waals surface area (Å²) in [7, 11) is -3.17. The van der Waals surface area contributed by atoms with E-state index in [1.807, 2.05) is 6.92 Å². The zero-order valence-electron chi connectivity index (χ0n) is 8.02. The van der Waals surface area contributed by atoms with Crippen LogP contribution >= 0.6 is 19.4 Å². The maximum Gasteiger partial charge on any atom is 0.357 e. The highest BCUT2D eigenvalue weighted by atomic mass is 32.2. The first-order chi connectivity index (χ1) is 6.58. The third-order valence-corrected chi connectivity index (χ3v) is 4.38. The average molecular weight is 236 g/mol. The van der Waals surface area contributed by atoms with E-state index in [1.54, 1.807) is 0 Å². The lowest BCUT2D eigenvalue weighted by atomic mass is 10.5. The molecule has 0 saturated carbocycles. The summed E-state index contributed by atoms with van der Waals surface area (Å²) in [5.41, 5.74) is 0. The van der Waals surface area contributed by atoms with Crippen molar-refractivity contribution in [1.29, 1.82) is 0 Å². The van der Waals surface area contributed by atoms with Gasteiger partial charge in [0, 0.05) is 11.7 Å². The molecule has 1 aliphatic heterocycles. The Hall–Kier alpha value is -0.0900. The van der Waals surface area contributed by atoms with Crippen LogP contribution in [0.3, 0.4) is 0 Å². The second kappa shape index (κ2) is 5.12. The Morgan fingerprint density at radius 2 is 2.07 bits per heavy atom. The predicted octanol–water partition coefficient (Wildman–Crippen LogP) is 2.41. The molecule has 0 aromatic heterocycles. The molecule has 0 bridgehead atoms. The van der Waals surface area contributed by atoms with Crippen LogP contribution in [0.15, 0.2) is 11.9 Å². The van der Waals surface area contributed by atoms with Crippen molar-refractivity contribution >= 4 is 24.5 Å². The second-order valence-corrected chi connectivity index (χ2v) is 6.18. The number of carbonyl (C=O) groups is 1. The summed E-state index contributed by atoms with van der Waals surface area (Å²) in [6, 6.07) is 0. The van der Waals surface area contributed by atoms with Gasteiger partial charge in [-0.3, -0.25) is 9.36 Å². The first kappa shape index (κ1) is 12.0. The van der Waals surface area contributed by atoms with Gasteiger partial charge in [0.15, 0.2) is 5.12 Å². The molecule has 0 atom stereocenters. The summed E-state index contributed by atoms with van der Waals surface area (Å²) >= 11 is 1.19. The topological polar surface area (TPSA) is 52.6 Å². The largest absolute Gasteiger partial charge is 0.357 e. The van der Waals surface area contributed by atoms with Crippen LogP contribution in [-0.2, 0) is 18.4 Å². The van der Waals surface area contributed by atoms with Gasteiger partial charge in [0.05, 0.1) is 13.2 Å². The van der Waals surface area contributed by atoms with Crippen LogP contribution in [0.2, 0.25) is 0 Å². The van der Waals surface area contributed by atoms with Gasteiger partial charge in [0.1, 0.15) is 0 Å². The fourth-order valence-corrected chi connectivity index (χ4v) is 3.12. The van der Waals surface area contributed by atoms with E-state index in [4.69, 9.17) is 9.05 Å². The molecule has 80 valence electrons. The lowest BCUT2D eigenvalue weighted by molar-refractivity contribution is -0.110. The van der Waals surface area contributed by atoms with Gasteiger partial charge in [-0.05, 0) is 5.75 Å². The molecule has 1 fully saturated rings. The quantitative estimate of drug-likeness (QED) is 0.701. The van der Waals surface area contributed by atoms with Gasteiger partial charge < -0.3 is 9.05 Å². The first-order valence-corrected chi connectivity index (χ1v) is 6.84. The van der Waals surface area contributed by atoms with Crippen LogP contribution in [-0.4, -0.2) is 24.1 Å². The normalized spacial score (nSPS) is 19.5. The standard InChI is InChI=1S/C8H13O4PS/c1-3-14-8(9)6-7(2)13(10)11-4-5-12-13/h2-6H2,1H3. The molecule has 1 aliphatic rings. The van der Waals surface area contributed by atoms with Gasteiger partial charge in [0.25, 0.3) is 0 Å². The Balaban J connectivity index is 2.49. The van der Waals surface area contributed by atoms with Gasteiger partial charge >= 0.3 is 7.60 Å². The Morgan fingerprint density at radius 1 is 1.50 bits per heavy atom. The fourth-order valence-electron chi connectivity index (χ4n) is 1.01. The summed E-state index contributed by atoms with van der Waals surface area (Å²) in [5, 5.41) is 0.216. The Bertz CT molecular complexity index is 279. The van der Waals surface area contributed by atoms with E-state index in [0.717, 1.165) is 0 Å². The highest BCUT2D eigenvalue weighted by Crippen LogP contribution is 2.59. The van der Waals surface area contributed by atoms with Gasteiger partial charge in [-0.2, -0.15) is 0 Å². The zero-order valence-corrected chi connectivity index (χ0v) is 9.73. The molecule has 14 heavy (non-hydrogen) atoms. The zero-order chi connectivity index (χ0) is 10.6. The summed E-state index contributed by atoms with van der Waals surface area (Å²) in [6.07, 6.45) is 0.0653. The third kappa shape index (κ3) is 2.95. The van der Waals surface area contributed by atoms with Crippen LogP contribution in [0.1, 0.15) is 13.3 Å². The molecule has 4 nitrogen and oxygen atoms in total. The molecule has 0 aromatic carbocycles. The van der Waals surface area contributed by atoms with Crippen molar-refractivity contribution in [2.75, 3.05) is 19.0 Å². The molecule has 6 heteroatoms. The Labute approximate surface area is 87.6 Å². The molecular formula is C8H13O4PS. The van der Waals surface area contributed by atoms with E-state index in [-0.39, 0.29) is 16.9 Å². The van der Waals surface area contributed by atoms with Crippen LogP contribution in [0.4, 0.5) is 0 Å². The van der Waals surface area contributed by atoms with Crippen LogP contribution < -0.4 is 0 Å². The van der Waals surface area contributed by atoms with E-state index in [2.05, 4.69) is 6.58 Å². The average Bonchev–Trinajstić information content (AvgIpc) is 2.54. The SMILES string of the molecule is C=C(CC(=O)SCC)P1(=O)OCCO1. The molecule has 0 N–H and O–H groups in total. The number of carbonyl (C=O) groups excluding carboxylic acids is 1. The molecular weight excluding hydrogens is 223 g/mol. The van der Waals surface area contributed by atoms with Gasteiger partial charge in [-0.25, -0.2) is 0 Å². The highest BCUT2D eigenvalue weighted by molar-refractivity contribution is 8.13. The molecule has 0 spiro atoms. The number of allylic oxidation sites excluding steroid dienone is 1. The lowest BCUT2D eigenvalue weighted by Crippen LogP contribution is -1.96. The maximum absolute atomic E-state index is 11.7. The Morgan fingerprint density at radius 3 is 2.57 bits per heavy atom. The summed E-state index contributed by atoms with van der Waals surface area (Å²) in [5.74, 6) is 0.706. The van der Waals surface area contributed by atoms with Crippen molar-refractivity contribution in [3.8, 4) is 0 Å². The molecule has 1 heterocycles. The molecule has 1 saturated heterocycles. The number of hydrogen-bond acceptors (Lipinski definition) is 5. The monoisotopic (exact) mass is 236 g/mol. The Kier molecular flexibility index (Phi) is 4.38. The third-order valence-electron chi connectivity index (χ3n) is 1.65. The highest BCUT2D eigenvalue weighted by Gasteiger charge is 2.34. The lowest BCUT2D eigenvalue weighted by Gasteiger charge is -2.10. The molecule has 0 aromatic rings. The van der Waals surface area contributed by atoms with Crippen LogP contribution in [0, 0.1) is 0 Å². The van der Waals surface area contributed by atoms with E-state index < -0.39 is 7.60 Å². The summed E-state index contributed by atoms with van der Waals surface area (Å²) < 4.78 is 21.7. The van der Waals surface area contributed by atoms with Crippen molar-refractivity contribution in [2.45, 2.75) is 13.3 Å². The van der Waals surface area contributed by atoms with E-state index in [1.165, 1.54) is 11.8 Å². The number of rotatable bonds is 4. The van der Waals surface area contributed by atoms with Gasteiger partial charge in [-0.15, -0.1) is 0 Å². The minimum absolute atomic E-state index is 0.0492. The van der Waals surface area contributed by atoms with E-state index in [0.29, 0.717) is 19.0 Å². The minimum Gasteiger partial charge on any atom is -0.303 e. The summed E-state index contributed by atoms with van der Waals surface area (Å²) in [4.78, 5) is 11.2. The van der Waals surface area contributed by atoms with Crippen LogP contribution in [0.25, 0.3) is 0 Å². The maximum atomic E-state index is 11.7. The van der Waals surface area contributed by atoms with E-state index in [9.17, 15) is 9.36 Å². The number of thioether (sulfide) groups is 1. The first-order valence-electron chi connectivity index (χ1n) is 4.31. The van der Waals surface area contributed by atoms with Gasteiger partial charge in [-0.1, -0.05) is 25.3 Å². The van der Waals surface area contributed by atoms with E-state index >= 15 is 0 Å². The summed E-state index contributed by atoms with van der Waals surface area (Å²) in [6.45, 7) is 6.09.